The first-order chi connectivity index (χ1) is 16.0. The van der Waals surface area contributed by atoms with Crippen LogP contribution in [-0.4, -0.2) is 48.8 Å². The lowest BCUT2D eigenvalue weighted by molar-refractivity contribution is -0.135. The Morgan fingerprint density at radius 3 is 2.41 bits per heavy atom. The minimum atomic E-state index is -4.29. The van der Waals surface area contributed by atoms with Gasteiger partial charge in [-0.25, -0.2) is 13.1 Å². The van der Waals surface area contributed by atoms with Crippen LogP contribution in [0.5, 0.6) is 0 Å². The minimum Gasteiger partial charge on any atom is -0.384 e. The monoisotopic (exact) mass is 509 g/mol. The van der Waals surface area contributed by atoms with Crippen molar-refractivity contribution >= 4 is 39.3 Å². The van der Waals surface area contributed by atoms with Crippen molar-refractivity contribution in [2.75, 3.05) is 6.54 Å². The third-order valence-corrected chi connectivity index (χ3v) is 6.65. The molecule has 0 spiro atoms. The number of hydrogen-bond donors (Lipinski definition) is 3. The van der Waals surface area contributed by atoms with Crippen LogP contribution in [0, 0.1) is 0 Å². The van der Waals surface area contributed by atoms with Gasteiger partial charge in [-0.2, -0.15) is 0 Å². The number of unbranched alkanes of at least 4 members (excludes halogenated alkanes) is 1. The summed E-state index contributed by atoms with van der Waals surface area (Å²) < 4.78 is 27.3. The van der Waals surface area contributed by atoms with Crippen LogP contribution in [0.1, 0.15) is 38.7 Å². The smallest absolute Gasteiger partial charge is 0.264 e. The standard InChI is InChI=1S/C23H28ClN3O6S/c1-3-4-9-22(30)27(14-21(25)29)13-16-10-11-17(19(24)12-16)18-7-5-6-8-20(18)34(32,33)26-23(31)15(2)28/h5-8,10-12,15,28H,3-4,9,13-14H2,1-2H3,(H2,25,29)(H,26,31)/t15-/m0/s1. The lowest BCUT2D eigenvalue weighted by Crippen LogP contribution is -2.37. The summed E-state index contributed by atoms with van der Waals surface area (Å²) in [7, 11) is -4.29. The Morgan fingerprint density at radius 1 is 1.15 bits per heavy atom. The highest BCUT2D eigenvalue weighted by atomic mass is 35.5. The van der Waals surface area contributed by atoms with Gasteiger partial charge in [0.2, 0.25) is 11.8 Å². The number of carbonyl (C=O) groups is 3. The number of amides is 3. The zero-order valence-corrected chi connectivity index (χ0v) is 20.5. The Labute approximate surface area is 203 Å². The number of halogens is 1. The summed E-state index contributed by atoms with van der Waals surface area (Å²) in [5.74, 6) is -1.89. The first-order valence-electron chi connectivity index (χ1n) is 10.6. The number of primary amides is 1. The summed E-state index contributed by atoms with van der Waals surface area (Å²) in [4.78, 5) is 36.8. The van der Waals surface area contributed by atoms with E-state index in [2.05, 4.69) is 0 Å². The molecule has 1 atom stereocenters. The van der Waals surface area contributed by atoms with E-state index in [1.165, 1.54) is 23.1 Å². The average molecular weight is 510 g/mol. The zero-order chi connectivity index (χ0) is 25.5. The molecule has 0 saturated heterocycles. The Bertz CT molecular complexity index is 1170. The van der Waals surface area contributed by atoms with Crippen molar-refractivity contribution in [3.8, 4) is 11.1 Å². The molecule has 9 nitrogen and oxygen atoms in total. The van der Waals surface area contributed by atoms with Crippen LogP contribution in [-0.2, 0) is 31.0 Å². The second-order valence-corrected chi connectivity index (χ2v) is 9.83. The van der Waals surface area contributed by atoms with Crippen molar-refractivity contribution < 1.29 is 27.9 Å². The van der Waals surface area contributed by atoms with Crippen LogP contribution in [0.25, 0.3) is 11.1 Å². The molecule has 0 heterocycles. The average Bonchev–Trinajstić information content (AvgIpc) is 2.76. The summed E-state index contributed by atoms with van der Waals surface area (Å²) in [5.41, 5.74) is 6.55. The number of nitrogens with zero attached hydrogens (tertiary/aromatic N) is 1. The second kappa shape index (κ2) is 12.0. The van der Waals surface area contributed by atoms with Crippen LogP contribution >= 0.6 is 11.6 Å². The van der Waals surface area contributed by atoms with E-state index >= 15 is 0 Å². The van der Waals surface area contributed by atoms with Crippen LogP contribution in [0.3, 0.4) is 0 Å². The number of rotatable bonds is 11. The summed E-state index contributed by atoms with van der Waals surface area (Å²) in [6, 6.07) is 10.8. The summed E-state index contributed by atoms with van der Waals surface area (Å²) in [6.07, 6.45) is 0.300. The molecule has 2 aromatic rings. The SMILES string of the molecule is CCCCC(=O)N(CC(N)=O)Cc1ccc(-c2ccccc2S(=O)(=O)NC(=O)[C@H](C)O)c(Cl)c1. The van der Waals surface area contributed by atoms with Crippen LogP contribution < -0.4 is 10.5 Å². The quantitative estimate of drug-likeness (QED) is 0.423. The fourth-order valence-electron chi connectivity index (χ4n) is 3.20. The predicted octanol–water partition coefficient (Wildman–Crippen LogP) is 2.20. The lowest BCUT2D eigenvalue weighted by Gasteiger charge is -2.22. The van der Waals surface area contributed by atoms with Gasteiger partial charge in [-0.3, -0.25) is 14.4 Å². The maximum absolute atomic E-state index is 12.8. The fourth-order valence-corrected chi connectivity index (χ4v) is 4.77. The van der Waals surface area contributed by atoms with Crippen molar-refractivity contribution in [1.29, 1.82) is 0 Å². The Kier molecular flexibility index (Phi) is 9.60. The number of aliphatic hydroxyl groups is 1. The van der Waals surface area contributed by atoms with E-state index < -0.39 is 27.9 Å². The van der Waals surface area contributed by atoms with Gasteiger partial charge in [0.1, 0.15) is 6.10 Å². The van der Waals surface area contributed by atoms with Gasteiger partial charge >= 0.3 is 0 Å². The molecule has 0 aliphatic heterocycles. The van der Waals surface area contributed by atoms with Crippen LogP contribution in [0.2, 0.25) is 5.02 Å². The van der Waals surface area contributed by atoms with Crippen molar-refractivity contribution in [1.82, 2.24) is 9.62 Å². The maximum atomic E-state index is 12.8. The van der Waals surface area contributed by atoms with E-state index in [9.17, 15) is 27.9 Å². The number of benzene rings is 2. The van der Waals surface area contributed by atoms with E-state index in [0.717, 1.165) is 13.3 Å². The largest absolute Gasteiger partial charge is 0.384 e. The molecule has 0 aromatic heterocycles. The normalized spacial score (nSPS) is 12.1. The highest BCUT2D eigenvalue weighted by Gasteiger charge is 2.24. The Hall–Kier alpha value is -2.95. The third kappa shape index (κ3) is 7.28. The topological polar surface area (TPSA) is 147 Å². The molecule has 3 amide bonds. The molecule has 0 aliphatic carbocycles. The van der Waals surface area contributed by atoms with E-state index in [1.807, 2.05) is 11.6 Å². The van der Waals surface area contributed by atoms with E-state index in [0.29, 0.717) is 24.0 Å². The number of carbonyl (C=O) groups excluding carboxylic acids is 3. The molecule has 0 saturated carbocycles. The molecule has 0 unspecified atom stereocenters. The van der Waals surface area contributed by atoms with Gasteiger partial charge < -0.3 is 15.7 Å². The third-order valence-electron chi connectivity index (χ3n) is 4.93. The number of sulfonamides is 1. The molecule has 34 heavy (non-hydrogen) atoms. The molecule has 0 fully saturated rings. The minimum absolute atomic E-state index is 0.107. The van der Waals surface area contributed by atoms with Gasteiger partial charge in [0.25, 0.3) is 15.9 Å². The van der Waals surface area contributed by atoms with Crippen molar-refractivity contribution in [2.24, 2.45) is 5.73 Å². The van der Waals surface area contributed by atoms with Crippen LogP contribution in [0.4, 0.5) is 0 Å². The molecule has 0 bridgehead atoms. The van der Waals surface area contributed by atoms with Gasteiger partial charge in [-0.1, -0.05) is 55.3 Å². The summed E-state index contributed by atoms with van der Waals surface area (Å²) >= 11 is 6.48. The molecular weight excluding hydrogens is 482 g/mol. The number of nitrogens with one attached hydrogen (secondary N) is 1. The van der Waals surface area contributed by atoms with E-state index in [-0.39, 0.29) is 34.5 Å². The molecule has 184 valence electrons. The maximum Gasteiger partial charge on any atom is 0.264 e. The lowest BCUT2D eigenvalue weighted by atomic mass is 10.0. The molecule has 11 heteroatoms. The van der Waals surface area contributed by atoms with Gasteiger partial charge in [0, 0.05) is 29.1 Å². The van der Waals surface area contributed by atoms with Gasteiger partial charge in [0.15, 0.2) is 0 Å². The Balaban J connectivity index is 2.38. The number of aliphatic hydroxyl groups excluding tert-OH is 1. The molecule has 2 rings (SSSR count). The van der Waals surface area contributed by atoms with Gasteiger partial charge in [-0.05, 0) is 31.0 Å². The molecule has 2 aromatic carbocycles. The molecule has 4 N–H and O–H groups in total. The molecule has 0 aliphatic rings. The van der Waals surface area contributed by atoms with Gasteiger partial charge in [0.05, 0.1) is 11.4 Å². The van der Waals surface area contributed by atoms with Crippen LogP contribution in [0.15, 0.2) is 47.4 Å². The van der Waals surface area contributed by atoms with E-state index in [1.54, 1.807) is 24.3 Å². The second-order valence-electron chi connectivity index (χ2n) is 7.78. The number of hydrogen-bond acceptors (Lipinski definition) is 6. The zero-order valence-electron chi connectivity index (χ0n) is 19.0. The van der Waals surface area contributed by atoms with Gasteiger partial charge in [-0.15, -0.1) is 0 Å². The first-order valence-corrected chi connectivity index (χ1v) is 12.5. The highest BCUT2D eigenvalue weighted by Crippen LogP contribution is 2.33. The Morgan fingerprint density at radius 2 is 1.82 bits per heavy atom. The fraction of sp³-hybridized carbons (Fsp3) is 0.348. The predicted molar refractivity (Wildman–Crippen MR) is 128 cm³/mol. The highest BCUT2D eigenvalue weighted by molar-refractivity contribution is 7.90. The van der Waals surface area contributed by atoms with Crippen molar-refractivity contribution in [3.05, 3.63) is 53.1 Å². The first kappa shape index (κ1) is 27.3. The summed E-state index contributed by atoms with van der Waals surface area (Å²) in [5, 5.41) is 9.56. The molecule has 0 radical (unpaired) electrons. The van der Waals surface area contributed by atoms with Crippen molar-refractivity contribution in [3.63, 3.8) is 0 Å². The molecular formula is C23H28ClN3O6S. The number of nitrogens with two attached hydrogens (primary N) is 1. The summed E-state index contributed by atoms with van der Waals surface area (Å²) in [6.45, 7) is 2.99. The van der Waals surface area contributed by atoms with Crippen molar-refractivity contribution in [2.45, 2.75) is 50.7 Å². The van der Waals surface area contributed by atoms with E-state index in [4.69, 9.17) is 17.3 Å².